The van der Waals surface area contributed by atoms with Crippen LogP contribution in [0.2, 0.25) is 10.0 Å². The van der Waals surface area contributed by atoms with Crippen molar-refractivity contribution < 1.29 is 33.3 Å². The molecule has 0 aliphatic heterocycles. The zero-order chi connectivity index (χ0) is 28.8. The molecule has 2 N–H and O–H groups in total. The fourth-order valence-electron chi connectivity index (χ4n) is 5.52. The van der Waals surface area contributed by atoms with Crippen molar-refractivity contribution >= 4 is 41.0 Å². The van der Waals surface area contributed by atoms with Gasteiger partial charge in [-0.15, -0.1) is 0 Å². The maximum Gasteiger partial charge on any atom is 0.327 e. The van der Waals surface area contributed by atoms with Crippen molar-refractivity contribution in [1.29, 1.82) is 0 Å². The van der Waals surface area contributed by atoms with Gasteiger partial charge in [-0.05, 0) is 80.8 Å². The SMILES string of the molecule is CCOC(=O)CNC(C(=O)OCC)c1cc(Cl)c(Oc2ccc(OC)c(C(=O)NC3CC4CCC3C4)c2)c(Cl)c1. The summed E-state index contributed by atoms with van der Waals surface area (Å²) in [7, 11) is 1.51. The molecule has 11 heteroatoms. The normalized spacial score (nSPS) is 20.1. The van der Waals surface area contributed by atoms with Crippen LogP contribution in [0.1, 0.15) is 61.5 Å². The smallest absolute Gasteiger partial charge is 0.327 e. The second-order valence-electron chi connectivity index (χ2n) is 9.90. The Labute approximate surface area is 243 Å². The maximum atomic E-state index is 13.2. The van der Waals surface area contributed by atoms with E-state index < -0.39 is 18.0 Å². The van der Waals surface area contributed by atoms with Gasteiger partial charge >= 0.3 is 11.9 Å². The van der Waals surface area contributed by atoms with Gasteiger partial charge in [-0.3, -0.25) is 14.9 Å². The van der Waals surface area contributed by atoms with E-state index in [9.17, 15) is 14.4 Å². The molecule has 2 saturated carbocycles. The average molecular weight is 594 g/mol. The Morgan fingerprint density at radius 1 is 1.00 bits per heavy atom. The summed E-state index contributed by atoms with van der Waals surface area (Å²) in [5.74, 6) is 0.775. The third-order valence-corrected chi connectivity index (χ3v) is 7.88. The molecule has 2 fully saturated rings. The van der Waals surface area contributed by atoms with E-state index in [0.29, 0.717) is 34.5 Å². The van der Waals surface area contributed by atoms with Gasteiger partial charge in [0, 0.05) is 6.04 Å². The highest BCUT2D eigenvalue weighted by Crippen LogP contribution is 2.45. The minimum atomic E-state index is -1.02. The Morgan fingerprint density at radius 2 is 1.73 bits per heavy atom. The Balaban J connectivity index is 1.53. The van der Waals surface area contributed by atoms with Gasteiger partial charge in [-0.25, -0.2) is 4.79 Å². The number of nitrogens with one attached hydrogen (secondary N) is 2. The van der Waals surface area contributed by atoms with Gasteiger partial charge in [0.1, 0.15) is 17.5 Å². The van der Waals surface area contributed by atoms with Crippen molar-refractivity contribution in [3.8, 4) is 17.2 Å². The highest BCUT2D eigenvalue weighted by Gasteiger charge is 2.40. The first-order valence-electron chi connectivity index (χ1n) is 13.4. The number of benzene rings is 2. The molecular formula is C29H34Cl2N2O7. The molecule has 0 aromatic heterocycles. The van der Waals surface area contributed by atoms with E-state index in [4.69, 9.17) is 42.1 Å². The third kappa shape index (κ3) is 7.00. The van der Waals surface area contributed by atoms with Crippen LogP contribution < -0.4 is 20.1 Å². The van der Waals surface area contributed by atoms with Gasteiger partial charge in [0.15, 0.2) is 5.75 Å². The first-order valence-corrected chi connectivity index (χ1v) is 14.2. The Morgan fingerprint density at radius 3 is 2.33 bits per heavy atom. The molecule has 0 heterocycles. The topological polar surface area (TPSA) is 112 Å². The first kappa shape index (κ1) is 30.0. The molecule has 0 radical (unpaired) electrons. The Hall–Kier alpha value is -3.01. The van der Waals surface area contributed by atoms with E-state index in [1.165, 1.54) is 32.1 Å². The van der Waals surface area contributed by atoms with Gasteiger partial charge in [0.05, 0.1) is 42.5 Å². The molecule has 2 aliphatic carbocycles. The van der Waals surface area contributed by atoms with Gasteiger partial charge in [-0.2, -0.15) is 0 Å². The molecule has 216 valence electrons. The number of rotatable bonds is 12. The number of ether oxygens (including phenoxy) is 4. The standard InChI is InChI=1S/C29H34Cl2N2O7/c1-4-38-25(34)15-32-26(29(36)39-5-2)18-12-21(30)27(22(31)13-18)40-19-8-9-24(37-3)20(14-19)28(35)33-23-11-16-6-7-17(23)10-16/h8-9,12-14,16-17,23,26,32H,4-7,10-11,15H2,1-3H3,(H,33,35). The first-order chi connectivity index (χ1) is 19.2. The second kappa shape index (κ2) is 13.6. The van der Waals surface area contributed by atoms with Gasteiger partial charge in [-0.1, -0.05) is 29.6 Å². The molecule has 4 unspecified atom stereocenters. The zero-order valence-electron chi connectivity index (χ0n) is 22.8. The van der Waals surface area contributed by atoms with Gasteiger partial charge < -0.3 is 24.3 Å². The lowest BCUT2D eigenvalue weighted by molar-refractivity contribution is -0.146. The molecule has 2 bridgehead atoms. The van der Waals surface area contributed by atoms with E-state index in [0.717, 1.165) is 12.8 Å². The van der Waals surface area contributed by atoms with E-state index in [2.05, 4.69) is 10.6 Å². The van der Waals surface area contributed by atoms with Crippen molar-refractivity contribution in [2.75, 3.05) is 26.9 Å². The number of halogens is 2. The quantitative estimate of drug-likeness (QED) is 0.312. The average Bonchev–Trinajstić information content (AvgIpc) is 3.54. The molecule has 0 saturated heterocycles. The third-order valence-electron chi connectivity index (χ3n) is 7.32. The minimum absolute atomic E-state index is 0.124. The fourth-order valence-corrected chi connectivity index (χ4v) is 6.10. The lowest BCUT2D eigenvalue weighted by Crippen LogP contribution is -2.38. The van der Waals surface area contributed by atoms with Crippen molar-refractivity contribution in [1.82, 2.24) is 10.6 Å². The van der Waals surface area contributed by atoms with Crippen LogP contribution in [0.25, 0.3) is 0 Å². The van der Waals surface area contributed by atoms with E-state index in [1.807, 2.05) is 0 Å². The van der Waals surface area contributed by atoms with Crippen LogP contribution in [0.5, 0.6) is 17.2 Å². The highest BCUT2D eigenvalue weighted by molar-refractivity contribution is 6.37. The van der Waals surface area contributed by atoms with Crippen molar-refractivity contribution in [2.45, 2.75) is 51.6 Å². The summed E-state index contributed by atoms with van der Waals surface area (Å²) in [4.78, 5) is 37.7. The fraction of sp³-hybridized carbons (Fsp3) is 0.483. The maximum absolute atomic E-state index is 13.2. The summed E-state index contributed by atoms with van der Waals surface area (Å²) in [6, 6.07) is 7.05. The second-order valence-corrected chi connectivity index (χ2v) is 10.7. The summed E-state index contributed by atoms with van der Waals surface area (Å²) < 4.78 is 21.5. The minimum Gasteiger partial charge on any atom is -0.496 e. The van der Waals surface area contributed by atoms with Crippen LogP contribution in [0.15, 0.2) is 30.3 Å². The largest absolute Gasteiger partial charge is 0.496 e. The molecule has 4 rings (SSSR count). The number of carbonyl (C=O) groups is 3. The molecule has 4 atom stereocenters. The lowest BCUT2D eigenvalue weighted by Gasteiger charge is -2.23. The summed E-state index contributed by atoms with van der Waals surface area (Å²) in [6.45, 7) is 3.51. The molecule has 2 aliphatic rings. The van der Waals surface area contributed by atoms with Crippen LogP contribution >= 0.6 is 23.2 Å². The number of hydrogen-bond donors (Lipinski definition) is 2. The summed E-state index contributed by atoms with van der Waals surface area (Å²) in [5.41, 5.74) is 0.725. The van der Waals surface area contributed by atoms with Crippen molar-refractivity contribution in [3.05, 3.63) is 51.5 Å². The number of hydrogen-bond acceptors (Lipinski definition) is 8. The molecule has 2 aromatic rings. The van der Waals surface area contributed by atoms with E-state index in [-0.39, 0.29) is 47.5 Å². The summed E-state index contributed by atoms with van der Waals surface area (Å²) in [6.07, 6.45) is 4.58. The highest BCUT2D eigenvalue weighted by atomic mass is 35.5. The van der Waals surface area contributed by atoms with Crippen molar-refractivity contribution in [3.63, 3.8) is 0 Å². The van der Waals surface area contributed by atoms with Gasteiger partial charge in [0.2, 0.25) is 0 Å². The number of carbonyl (C=O) groups excluding carboxylic acids is 3. The number of fused-ring (bicyclic) bond motifs is 2. The van der Waals surface area contributed by atoms with Gasteiger partial charge in [0.25, 0.3) is 5.91 Å². The van der Waals surface area contributed by atoms with Crippen LogP contribution in [-0.2, 0) is 19.1 Å². The molecule has 9 nitrogen and oxygen atoms in total. The number of amides is 1. The molecule has 1 amide bonds. The van der Waals surface area contributed by atoms with Crippen LogP contribution in [-0.4, -0.2) is 50.8 Å². The number of methoxy groups -OCH3 is 1. The molecule has 40 heavy (non-hydrogen) atoms. The molecule has 0 spiro atoms. The summed E-state index contributed by atoms with van der Waals surface area (Å²) in [5, 5.41) is 6.26. The predicted molar refractivity (Wildman–Crippen MR) is 150 cm³/mol. The van der Waals surface area contributed by atoms with E-state index >= 15 is 0 Å². The van der Waals surface area contributed by atoms with Crippen LogP contribution in [0, 0.1) is 11.8 Å². The van der Waals surface area contributed by atoms with Crippen molar-refractivity contribution in [2.24, 2.45) is 11.8 Å². The Kier molecular flexibility index (Phi) is 10.2. The zero-order valence-corrected chi connectivity index (χ0v) is 24.3. The lowest BCUT2D eigenvalue weighted by atomic mass is 9.95. The van der Waals surface area contributed by atoms with Crippen LogP contribution in [0.3, 0.4) is 0 Å². The number of esters is 2. The summed E-state index contributed by atoms with van der Waals surface area (Å²) >= 11 is 13.1. The molecule has 2 aromatic carbocycles. The predicted octanol–water partition coefficient (Wildman–Crippen LogP) is 5.47. The van der Waals surface area contributed by atoms with Crippen LogP contribution in [0.4, 0.5) is 0 Å². The molecular weight excluding hydrogens is 559 g/mol. The Bertz CT molecular complexity index is 1230. The van der Waals surface area contributed by atoms with E-state index in [1.54, 1.807) is 32.0 Å². The monoisotopic (exact) mass is 592 g/mol.